The van der Waals surface area contributed by atoms with Gasteiger partial charge in [0.05, 0.1) is 8.89 Å². The summed E-state index contributed by atoms with van der Waals surface area (Å²) in [6, 6.07) is 0. The van der Waals surface area contributed by atoms with E-state index >= 15 is 0 Å². The number of alkyl halides is 1. The van der Waals surface area contributed by atoms with Crippen molar-refractivity contribution in [2.45, 2.75) is 0 Å². The van der Waals surface area contributed by atoms with E-state index in [9.17, 15) is 8.59 Å². The van der Waals surface area contributed by atoms with Gasteiger partial charge in [-0.1, -0.05) is 0 Å². The summed E-state index contributed by atoms with van der Waals surface area (Å²) in [7, 11) is -1.03. The second-order valence-corrected chi connectivity index (χ2v) is 0.802. The second-order valence-electron chi connectivity index (χ2n) is 0.267. The Bertz CT molecular complexity index is 8.00. The smallest absolute Gasteiger partial charge is 0.136 e. The highest BCUT2D eigenvalue weighted by Crippen LogP contribution is 2.07. The highest BCUT2D eigenvalue weighted by Gasteiger charge is 1.65. The zero-order valence-electron chi connectivity index (χ0n) is 1.96. The average molecular weight is 84.0 g/mol. The molecule has 0 bridgehead atoms. The normalized spacial score (nSPS) is 10.5. The molecular weight excluding hydrogens is 81.0 g/mol. The summed E-state index contributed by atoms with van der Waals surface area (Å²) in [4.78, 5) is 0. The molecule has 26 valence electrons. The minimum Gasteiger partial charge on any atom is -0.244 e. The van der Waals surface area contributed by atoms with Crippen LogP contribution in [0.2, 0.25) is 0 Å². The van der Waals surface area contributed by atoms with E-state index < -0.39 is 15.3 Å². The Morgan fingerprint density at radius 3 is 2.00 bits per heavy atom. The van der Waals surface area contributed by atoms with Crippen molar-refractivity contribution < 1.29 is 8.59 Å². The van der Waals surface area contributed by atoms with Crippen LogP contribution in [0.1, 0.15) is 0 Å². The maximum absolute atomic E-state index is 10.4. The van der Waals surface area contributed by atoms with Crippen LogP contribution in [0, 0.1) is 0 Å². The first kappa shape index (κ1) is 4.29. The number of rotatable bonds is 1. The van der Waals surface area contributed by atoms with Crippen molar-refractivity contribution in [2.24, 2.45) is 0 Å². The van der Waals surface area contributed by atoms with Gasteiger partial charge in [0.25, 0.3) is 0 Å². The molecule has 0 aliphatic carbocycles. The zero-order valence-corrected chi connectivity index (χ0v) is 2.96. The third-order valence-corrected chi connectivity index (χ3v) is 0.152. The molecule has 0 amide bonds. The van der Waals surface area contributed by atoms with Crippen molar-refractivity contribution in [3.05, 3.63) is 0 Å². The largest absolute Gasteiger partial charge is 0.244 e. The van der Waals surface area contributed by atoms with E-state index in [1.54, 1.807) is 0 Å². The van der Waals surface area contributed by atoms with Crippen LogP contribution in [-0.2, 0) is 0 Å². The van der Waals surface area contributed by atoms with Crippen molar-refractivity contribution in [1.29, 1.82) is 0 Å². The van der Waals surface area contributed by atoms with E-state index in [-0.39, 0.29) is 0 Å². The first-order valence-electron chi connectivity index (χ1n) is 0.810. The van der Waals surface area contributed by atoms with Gasteiger partial charge >= 0.3 is 0 Å². The minimum absolute atomic E-state index is 0.819. The molecule has 0 radical (unpaired) electrons. The van der Waals surface area contributed by atoms with Gasteiger partial charge in [-0.05, 0) is 0 Å². The third-order valence-electron chi connectivity index (χ3n) is 0.0505. The van der Waals surface area contributed by atoms with Gasteiger partial charge in [-0.15, -0.1) is 0 Å². The predicted molar refractivity (Wildman–Crippen MR) is 15.4 cm³/mol. The molecule has 1 unspecified atom stereocenters. The quantitative estimate of drug-likeness (QED) is 0.422. The summed E-state index contributed by atoms with van der Waals surface area (Å²) in [6.45, 7) is 0. The van der Waals surface area contributed by atoms with Crippen LogP contribution >= 0.6 is 8.89 Å². The molecular formula is CH3F2P. The van der Waals surface area contributed by atoms with Crippen LogP contribution in [0.3, 0.4) is 0 Å². The summed E-state index contributed by atoms with van der Waals surface area (Å²) in [5, 5.41) is 0. The van der Waals surface area contributed by atoms with E-state index in [1.165, 1.54) is 0 Å². The summed E-state index contributed by atoms with van der Waals surface area (Å²) < 4.78 is 20.7. The lowest BCUT2D eigenvalue weighted by atomic mass is 11.8. The van der Waals surface area contributed by atoms with Gasteiger partial charge in [0, 0.05) is 0 Å². The summed E-state index contributed by atoms with van der Waals surface area (Å²) in [5.74, 6) is 0. The van der Waals surface area contributed by atoms with Crippen LogP contribution in [0.25, 0.3) is 0 Å². The molecule has 0 spiro atoms. The Morgan fingerprint density at radius 2 is 2.00 bits per heavy atom. The van der Waals surface area contributed by atoms with Crippen molar-refractivity contribution in [3.63, 3.8) is 0 Å². The highest BCUT2D eigenvalue weighted by molar-refractivity contribution is 7.31. The fraction of sp³-hybridized carbons (Fsp3) is 1.00. The standard InChI is InChI=1S/CH3F2P/c2-1-4-3/h4H,1H2. The topological polar surface area (TPSA) is 0 Å². The van der Waals surface area contributed by atoms with Crippen LogP contribution in [0.4, 0.5) is 8.59 Å². The van der Waals surface area contributed by atoms with Crippen LogP contribution in [-0.4, -0.2) is 6.42 Å². The fourth-order valence-electron chi connectivity index (χ4n) is 0. The van der Waals surface area contributed by atoms with Crippen LogP contribution in [0.15, 0.2) is 0 Å². The molecule has 1 atom stereocenters. The van der Waals surface area contributed by atoms with Crippen molar-refractivity contribution in [1.82, 2.24) is 0 Å². The zero-order chi connectivity index (χ0) is 3.41. The Kier molecular flexibility index (Phi) is 3.53. The Labute approximate surface area is 25.1 Å². The summed E-state index contributed by atoms with van der Waals surface area (Å²) in [5.41, 5.74) is 0. The molecule has 0 aromatic carbocycles. The second kappa shape index (κ2) is 3.29. The average Bonchev–Trinajstić information content (AvgIpc) is 1.37. The molecule has 0 aliphatic rings. The third kappa shape index (κ3) is 2.29. The van der Waals surface area contributed by atoms with E-state index in [0.717, 1.165) is 0 Å². The summed E-state index contributed by atoms with van der Waals surface area (Å²) in [6.07, 6.45) is -0.819. The maximum atomic E-state index is 10.4. The van der Waals surface area contributed by atoms with E-state index in [4.69, 9.17) is 0 Å². The van der Waals surface area contributed by atoms with E-state index in [1.807, 2.05) is 0 Å². The Balaban J connectivity index is 1.97. The number of hydrogen-bond donors (Lipinski definition) is 0. The molecule has 0 rings (SSSR count). The SMILES string of the molecule is FCPF. The van der Waals surface area contributed by atoms with E-state index in [2.05, 4.69) is 0 Å². The molecule has 0 aromatic heterocycles. The monoisotopic (exact) mass is 84.0 g/mol. The molecule has 0 heterocycles. The lowest BCUT2D eigenvalue weighted by Gasteiger charge is -1.61. The molecule has 0 saturated carbocycles. The maximum Gasteiger partial charge on any atom is 0.136 e. The molecule has 0 aromatic rings. The van der Waals surface area contributed by atoms with Gasteiger partial charge in [0.15, 0.2) is 0 Å². The molecule has 3 heteroatoms. The lowest BCUT2D eigenvalue weighted by molar-refractivity contribution is 0.591. The van der Waals surface area contributed by atoms with E-state index in [0.29, 0.717) is 0 Å². The fourth-order valence-corrected chi connectivity index (χ4v) is 0. The molecule has 0 aliphatic heterocycles. The van der Waals surface area contributed by atoms with Gasteiger partial charge in [-0.2, -0.15) is 0 Å². The first-order chi connectivity index (χ1) is 1.91. The Hall–Kier alpha value is 0.290. The minimum atomic E-state index is -1.03. The lowest BCUT2D eigenvalue weighted by Crippen LogP contribution is -1.36. The number of halogens is 2. The van der Waals surface area contributed by atoms with Crippen LogP contribution < -0.4 is 0 Å². The summed E-state index contributed by atoms with van der Waals surface area (Å²) >= 11 is 0. The van der Waals surface area contributed by atoms with Crippen molar-refractivity contribution in [2.75, 3.05) is 6.42 Å². The van der Waals surface area contributed by atoms with Gasteiger partial charge in [-0.3, -0.25) is 0 Å². The van der Waals surface area contributed by atoms with Gasteiger partial charge < -0.3 is 0 Å². The first-order valence-corrected chi connectivity index (χ1v) is 1.89. The van der Waals surface area contributed by atoms with Gasteiger partial charge in [0.1, 0.15) is 6.42 Å². The van der Waals surface area contributed by atoms with Gasteiger partial charge in [-0.25, -0.2) is 8.59 Å². The molecule has 0 nitrogen and oxygen atoms in total. The molecule has 0 fully saturated rings. The van der Waals surface area contributed by atoms with Crippen molar-refractivity contribution in [3.8, 4) is 0 Å². The van der Waals surface area contributed by atoms with Gasteiger partial charge in [0.2, 0.25) is 0 Å². The highest BCUT2D eigenvalue weighted by atomic mass is 31.1. The van der Waals surface area contributed by atoms with Crippen molar-refractivity contribution >= 4 is 8.89 Å². The van der Waals surface area contributed by atoms with Crippen LogP contribution in [0.5, 0.6) is 0 Å². The molecule has 0 saturated heterocycles. The number of hydrogen-bond acceptors (Lipinski definition) is 0. The predicted octanol–water partition coefficient (Wildman–Crippen LogP) is 1.48. The molecule has 4 heavy (non-hydrogen) atoms. The Morgan fingerprint density at radius 1 is 1.75 bits per heavy atom. The molecule has 0 N–H and O–H groups in total.